The van der Waals surface area contributed by atoms with Crippen LogP contribution in [0.25, 0.3) is 11.6 Å². The number of hydrogen-bond acceptors (Lipinski definition) is 3. The molecule has 110 valence electrons. The molecule has 0 bridgehead atoms. The maximum absolute atomic E-state index is 12.6. The molecule has 4 heteroatoms. The number of hydrogen-bond donors (Lipinski definition) is 0. The summed E-state index contributed by atoms with van der Waals surface area (Å²) < 4.78 is 4.99. The third-order valence-electron chi connectivity index (χ3n) is 3.43. The monoisotopic (exact) mass is 293 g/mol. The van der Waals surface area contributed by atoms with Crippen molar-refractivity contribution >= 4 is 29.3 Å². The molecule has 0 N–H and O–H groups in total. The van der Waals surface area contributed by atoms with Crippen molar-refractivity contribution < 1.29 is 14.3 Å². The van der Waals surface area contributed by atoms with Gasteiger partial charge in [-0.25, -0.2) is 9.69 Å². The lowest BCUT2D eigenvalue weighted by Crippen LogP contribution is -2.33. The molecule has 0 fully saturated rings. The lowest BCUT2D eigenvalue weighted by atomic mass is 10.0. The first-order valence-corrected chi connectivity index (χ1v) is 7.09. The lowest BCUT2D eigenvalue weighted by Gasteiger charge is -2.13. The van der Waals surface area contributed by atoms with Gasteiger partial charge >= 0.3 is 6.09 Å². The van der Waals surface area contributed by atoms with Crippen LogP contribution in [0.1, 0.15) is 18.1 Å². The predicted molar refractivity (Wildman–Crippen MR) is 85.3 cm³/mol. The minimum Gasteiger partial charge on any atom is -0.449 e. The van der Waals surface area contributed by atoms with Crippen molar-refractivity contribution in [1.29, 1.82) is 0 Å². The summed E-state index contributed by atoms with van der Waals surface area (Å²) in [5.41, 5.74) is 2.71. The zero-order chi connectivity index (χ0) is 15.5. The summed E-state index contributed by atoms with van der Waals surface area (Å²) >= 11 is 0. The Labute approximate surface area is 128 Å². The Morgan fingerprint density at radius 2 is 1.77 bits per heavy atom. The summed E-state index contributed by atoms with van der Waals surface area (Å²) in [6, 6.07) is 16.8. The van der Waals surface area contributed by atoms with Crippen LogP contribution >= 0.6 is 0 Å². The van der Waals surface area contributed by atoms with Crippen LogP contribution in [0.3, 0.4) is 0 Å². The zero-order valence-corrected chi connectivity index (χ0v) is 12.2. The van der Waals surface area contributed by atoms with Gasteiger partial charge in [-0.05, 0) is 24.6 Å². The lowest BCUT2D eigenvalue weighted by molar-refractivity contribution is -0.112. The molecule has 1 aliphatic rings. The highest BCUT2D eigenvalue weighted by Gasteiger charge is 2.37. The molecular formula is C18H15NO3. The molecule has 0 saturated carbocycles. The van der Waals surface area contributed by atoms with E-state index in [2.05, 4.69) is 0 Å². The van der Waals surface area contributed by atoms with E-state index in [4.69, 9.17) is 4.74 Å². The highest BCUT2D eigenvalue weighted by Crippen LogP contribution is 2.37. The second-order valence-corrected chi connectivity index (χ2v) is 4.83. The Morgan fingerprint density at radius 1 is 1.09 bits per heavy atom. The molecule has 3 rings (SSSR count). The molecule has 0 unspecified atom stereocenters. The maximum Gasteiger partial charge on any atom is 0.421 e. The number of ether oxygens (including phenoxy) is 1. The van der Waals surface area contributed by atoms with Crippen LogP contribution in [-0.2, 0) is 9.53 Å². The largest absolute Gasteiger partial charge is 0.449 e. The third-order valence-corrected chi connectivity index (χ3v) is 3.43. The Balaban J connectivity index is 2.08. The third kappa shape index (κ3) is 2.39. The predicted octanol–water partition coefficient (Wildman–Crippen LogP) is 3.73. The summed E-state index contributed by atoms with van der Waals surface area (Å²) in [6.45, 7) is 1.94. The van der Waals surface area contributed by atoms with Crippen LogP contribution in [-0.4, -0.2) is 18.6 Å². The number of para-hydroxylation sites is 1. The molecule has 1 aliphatic heterocycles. The molecule has 4 nitrogen and oxygen atoms in total. The summed E-state index contributed by atoms with van der Waals surface area (Å²) in [4.78, 5) is 25.8. The normalized spacial score (nSPS) is 15.0. The Morgan fingerprint density at radius 3 is 2.50 bits per heavy atom. The number of rotatable bonds is 2. The topological polar surface area (TPSA) is 46.6 Å². The van der Waals surface area contributed by atoms with Gasteiger partial charge in [0.2, 0.25) is 0 Å². The van der Waals surface area contributed by atoms with Gasteiger partial charge in [-0.1, -0.05) is 48.5 Å². The van der Waals surface area contributed by atoms with Crippen molar-refractivity contribution in [1.82, 2.24) is 0 Å². The zero-order valence-electron chi connectivity index (χ0n) is 12.2. The molecule has 0 radical (unpaired) electrons. The van der Waals surface area contributed by atoms with E-state index in [9.17, 15) is 9.59 Å². The fourth-order valence-electron chi connectivity index (χ4n) is 2.47. The molecule has 2 aromatic rings. The van der Waals surface area contributed by atoms with Gasteiger partial charge in [-0.3, -0.25) is 4.79 Å². The average molecular weight is 293 g/mol. The molecule has 0 aliphatic carbocycles. The first-order chi connectivity index (χ1) is 10.7. The molecular weight excluding hydrogens is 278 g/mol. The molecule has 0 spiro atoms. The van der Waals surface area contributed by atoms with Crippen LogP contribution in [0.2, 0.25) is 0 Å². The van der Waals surface area contributed by atoms with Gasteiger partial charge in [0.1, 0.15) is 0 Å². The first-order valence-electron chi connectivity index (χ1n) is 7.09. The smallest absolute Gasteiger partial charge is 0.421 e. The van der Waals surface area contributed by atoms with E-state index in [1.165, 1.54) is 0 Å². The van der Waals surface area contributed by atoms with E-state index < -0.39 is 6.09 Å². The van der Waals surface area contributed by atoms with Gasteiger partial charge < -0.3 is 4.74 Å². The maximum atomic E-state index is 12.6. The number of carbonyl (C=O) groups is 2. The van der Waals surface area contributed by atoms with E-state index in [0.717, 1.165) is 16.0 Å². The van der Waals surface area contributed by atoms with E-state index in [1.807, 2.05) is 42.5 Å². The minimum absolute atomic E-state index is 0.225. The van der Waals surface area contributed by atoms with Crippen LogP contribution in [0.15, 0.2) is 54.6 Å². The summed E-state index contributed by atoms with van der Waals surface area (Å²) in [6.07, 6.45) is 1.15. The van der Waals surface area contributed by atoms with Crippen molar-refractivity contribution in [2.24, 2.45) is 0 Å². The van der Waals surface area contributed by atoms with Crippen molar-refractivity contribution in [3.8, 4) is 0 Å². The Hall–Kier alpha value is -2.88. The number of carbonyl (C=O) groups excluding carboxylic acids is 2. The van der Waals surface area contributed by atoms with E-state index in [0.29, 0.717) is 11.3 Å². The minimum atomic E-state index is -0.642. The fourth-order valence-corrected chi connectivity index (χ4v) is 2.47. The molecule has 22 heavy (non-hydrogen) atoms. The highest BCUT2D eigenvalue weighted by molar-refractivity contribution is 6.41. The number of fused-ring (bicyclic) bond motifs is 1. The van der Waals surface area contributed by atoms with Crippen molar-refractivity contribution in [2.75, 3.05) is 11.5 Å². The van der Waals surface area contributed by atoms with Gasteiger partial charge in [-0.2, -0.15) is 0 Å². The van der Waals surface area contributed by atoms with Crippen molar-refractivity contribution in [3.05, 3.63) is 65.7 Å². The molecule has 0 atom stereocenters. The number of imide groups is 1. The van der Waals surface area contributed by atoms with Gasteiger partial charge in [0.15, 0.2) is 0 Å². The average Bonchev–Trinajstić information content (AvgIpc) is 2.81. The Bertz CT molecular complexity index is 750. The van der Waals surface area contributed by atoms with Gasteiger partial charge in [0.05, 0.1) is 17.9 Å². The van der Waals surface area contributed by atoms with E-state index >= 15 is 0 Å². The second kappa shape index (κ2) is 5.85. The number of anilines is 1. The molecule has 2 amide bonds. The highest BCUT2D eigenvalue weighted by atomic mass is 16.6. The standard InChI is InChI=1S/C18H15NO3/c1-2-22-18(21)19-16-11-7-6-10-14(16)15(17(19)20)12-13-8-4-3-5-9-13/h3-12H,2H2,1H3/b15-12+. The second-order valence-electron chi connectivity index (χ2n) is 4.83. The summed E-state index contributed by atoms with van der Waals surface area (Å²) in [5, 5.41) is 0. The summed E-state index contributed by atoms with van der Waals surface area (Å²) in [5.74, 6) is -0.358. The quantitative estimate of drug-likeness (QED) is 0.793. The number of benzene rings is 2. The number of amides is 2. The summed E-state index contributed by atoms with van der Waals surface area (Å²) in [7, 11) is 0. The molecule has 1 heterocycles. The van der Waals surface area contributed by atoms with Gasteiger partial charge in [0, 0.05) is 5.56 Å². The van der Waals surface area contributed by atoms with Crippen molar-refractivity contribution in [2.45, 2.75) is 6.92 Å². The molecule has 2 aromatic carbocycles. The van der Waals surface area contributed by atoms with Crippen LogP contribution in [0, 0.1) is 0 Å². The van der Waals surface area contributed by atoms with Crippen molar-refractivity contribution in [3.63, 3.8) is 0 Å². The van der Waals surface area contributed by atoms with Gasteiger partial charge in [-0.15, -0.1) is 0 Å². The molecule has 0 aromatic heterocycles. The van der Waals surface area contributed by atoms with E-state index in [1.54, 1.807) is 25.1 Å². The Kier molecular flexibility index (Phi) is 3.74. The van der Waals surface area contributed by atoms with Gasteiger partial charge in [0.25, 0.3) is 5.91 Å². The first kappa shape index (κ1) is 14.1. The number of nitrogens with zero attached hydrogens (tertiary/aromatic N) is 1. The molecule has 0 saturated heterocycles. The van der Waals surface area contributed by atoms with E-state index in [-0.39, 0.29) is 12.5 Å². The van der Waals surface area contributed by atoms with Crippen LogP contribution in [0.4, 0.5) is 10.5 Å². The van der Waals surface area contributed by atoms with Crippen LogP contribution in [0.5, 0.6) is 0 Å². The SMILES string of the molecule is CCOC(=O)N1C(=O)/C(=C/c2ccccc2)c2ccccc21. The van der Waals surface area contributed by atoms with Crippen LogP contribution < -0.4 is 4.90 Å². The fraction of sp³-hybridized carbons (Fsp3) is 0.111.